The van der Waals surface area contributed by atoms with E-state index in [-0.39, 0.29) is 17.9 Å². The second-order valence-electron chi connectivity index (χ2n) is 4.01. The van der Waals surface area contributed by atoms with Gasteiger partial charge in [0.2, 0.25) is 0 Å². The number of rotatable bonds is 4. The molecule has 0 fully saturated rings. The highest BCUT2D eigenvalue weighted by Crippen LogP contribution is 2.36. The molecule has 7 nitrogen and oxygen atoms in total. The van der Waals surface area contributed by atoms with Crippen LogP contribution in [0.1, 0.15) is 12.5 Å². The number of carboxylic acids is 1. The molecule has 1 unspecified atom stereocenters. The summed E-state index contributed by atoms with van der Waals surface area (Å²) in [5, 5.41) is 27.7. The van der Waals surface area contributed by atoms with Crippen LogP contribution in [-0.4, -0.2) is 26.8 Å². The van der Waals surface area contributed by atoms with Crippen LogP contribution in [0.25, 0.3) is 0 Å². The van der Waals surface area contributed by atoms with E-state index in [4.69, 9.17) is 16.7 Å². The van der Waals surface area contributed by atoms with Crippen LogP contribution in [0.3, 0.4) is 0 Å². The molecule has 0 aromatic heterocycles. The molecular formula is C10H15N3O4. The monoisotopic (exact) mass is 241 g/mol. The van der Waals surface area contributed by atoms with Gasteiger partial charge in [-0.15, -0.1) is 0 Å². The molecule has 1 aromatic rings. The number of nitrogen functional groups attached to an aromatic ring is 1. The summed E-state index contributed by atoms with van der Waals surface area (Å²) < 4.78 is 0. The van der Waals surface area contributed by atoms with E-state index in [0.717, 1.165) is 0 Å². The van der Waals surface area contributed by atoms with Crippen molar-refractivity contribution in [3.05, 3.63) is 17.7 Å². The van der Waals surface area contributed by atoms with Gasteiger partial charge in [0, 0.05) is 6.42 Å². The predicted octanol–water partition coefficient (Wildman–Crippen LogP) is -0.272. The maximum atomic E-state index is 10.9. The van der Waals surface area contributed by atoms with Crippen molar-refractivity contribution in [2.45, 2.75) is 18.9 Å². The topological polar surface area (TPSA) is 142 Å². The van der Waals surface area contributed by atoms with Gasteiger partial charge < -0.3 is 26.5 Å². The van der Waals surface area contributed by atoms with Crippen LogP contribution >= 0.6 is 0 Å². The quantitative estimate of drug-likeness (QED) is 0.242. The van der Waals surface area contributed by atoms with Crippen molar-refractivity contribution in [3.63, 3.8) is 0 Å². The fourth-order valence-electron chi connectivity index (χ4n) is 1.40. The van der Waals surface area contributed by atoms with E-state index in [1.165, 1.54) is 19.1 Å². The number of carboxylic acid groups (broad SMARTS) is 1. The number of phenols is 2. The zero-order valence-corrected chi connectivity index (χ0v) is 9.27. The Morgan fingerprint density at radius 3 is 2.53 bits per heavy atom. The van der Waals surface area contributed by atoms with Crippen LogP contribution in [0, 0.1) is 0 Å². The van der Waals surface area contributed by atoms with E-state index >= 15 is 0 Å². The Morgan fingerprint density at radius 2 is 2.06 bits per heavy atom. The molecule has 7 heteroatoms. The van der Waals surface area contributed by atoms with Crippen LogP contribution in [0.5, 0.6) is 11.5 Å². The van der Waals surface area contributed by atoms with Crippen molar-refractivity contribution in [3.8, 4) is 11.5 Å². The number of nitrogens with one attached hydrogen (secondary N) is 1. The van der Waals surface area contributed by atoms with Crippen molar-refractivity contribution in [2.24, 2.45) is 11.6 Å². The summed E-state index contributed by atoms with van der Waals surface area (Å²) in [4.78, 5) is 10.9. The number of carbonyl (C=O) groups is 1. The lowest BCUT2D eigenvalue weighted by Crippen LogP contribution is -2.47. The molecule has 1 rings (SSSR count). The van der Waals surface area contributed by atoms with Gasteiger partial charge in [0.1, 0.15) is 5.54 Å². The van der Waals surface area contributed by atoms with E-state index in [1.54, 1.807) is 0 Å². The van der Waals surface area contributed by atoms with E-state index in [2.05, 4.69) is 5.43 Å². The minimum atomic E-state index is -1.49. The van der Waals surface area contributed by atoms with E-state index in [1.807, 2.05) is 0 Å². The molecule has 0 amide bonds. The van der Waals surface area contributed by atoms with Gasteiger partial charge in [-0.1, -0.05) is 6.07 Å². The molecule has 0 aliphatic rings. The van der Waals surface area contributed by atoms with Gasteiger partial charge in [-0.2, -0.15) is 0 Å². The molecule has 0 saturated carbocycles. The molecule has 0 saturated heterocycles. The molecule has 1 atom stereocenters. The smallest absolute Gasteiger partial charge is 0.323 e. The number of nitrogens with two attached hydrogens (primary N) is 2. The third-order valence-electron chi connectivity index (χ3n) is 2.43. The van der Waals surface area contributed by atoms with Gasteiger partial charge in [-0.3, -0.25) is 10.6 Å². The third kappa shape index (κ3) is 2.58. The van der Waals surface area contributed by atoms with Gasteiger partial charge in [-0.05, 0) is 18.6 Å². The first kappa shape index (κ1) is 13.1. The molecule has 0 spiro atoms. The Morgan fingerprint density at radius 1 is 1.47 bits per heavy atom. The standard InChI is InChI=1S/C10H15N3O4/c1-10(11,9(16)17)4-5-2-3-6(14)8(15)7(5)13-12/h2-3,13-15H,4,11-12H2,1H3,(H,16,17). The second kappa shape index (κ2) is 4.48. The zero-order valence-electron chi connectivity index (χ0n) is 9.27. The second-order valence-corrected chi connectivity index (χ2v) is 4.01. The predicted molar refractivity (Wildman–Crippen MR) is 61.5 cm³/mol. The van der Waals surface area contributed by atoms with Crippen LogP contribution in [0.2, 0.25) is 0 Å². The van der Waals surface area contributed by atoms with Crippen molar-refractivity contribution >= 4 is 11.7 Å². The Labute approximate surface area is 97.6 Å². The minimum absolute atomic E-state index is 0.0459. The Kier molecular flexibility index (Phi) is 3.45. The first-order valence-electron chi connectivity index (χ1n) is 4.82. The highest BCUT2D eigenvalue weighted by atomic mass is 16.4. The Hall–Kier alpha value is -1.99. The summed E-state index contributed by atoms with van der Waals surface area (Å²) >= 11 is 0. The largest absolute Gasteiger partial charge is 0.504 e. The molecule has 0 aliphatic heterocycles. The van der Waals surface area contributed by atoms with E-state index in [9.17, 15) is 15.0 Å². The molecular weight excluding hydrogens is 226 g/mol. The fraction of sp³-hybridized carbons (Fsp3) is 0.300. The number of benzene rings is 1. The summed E-state index contributed by atoms with van der Waals surface area (Å²) in [6, 6.07) is 2.68. The average molecular weight is 241 g/mol. The van der Waals surface area contributed by atoms with Crippen molar-refractivity contribution in [2.75, 3.05) is 5.43 Å². The molecule has 0 heterocycles. The van der Waals surface area contributed by atoms with Crippen molar-refractivity contribution < 1.29 is 20.1 Å². The molecule has 17 heavy (non-hydrogen) atoms. The average Bonchev–Trinajstić information content (AvgIpc) is 2.23. The van der Waals surface area contributed by atoms with Gasteiger partial charge in [0.25, 0.3) is 0 Å². The van der Waals surface area contributed by atoms with Gasteiger partial charge in [0.15, 0.2) is 11.5 Å². The van der Waals surface area contributed by atoms with Gasteiger partial charge in [-0.25, -0.2) is 0 Å². The number of hydrogen-bond donors (Lipinski definition) is 6. The Balaban J connectivity index is 3.16. The van der Waals surface area contributed by atoms with Gasteiger partial charge in [0.05, 0.1) is 5.69 Å². The van der Waals surface area contributed by atoms with Gasteiger partial charge >= 0.3 is 5.97 Å². The maximum Gasteiger partial charge on any atom is 0.323 e. The lowest BCUT2D eigenvalue weighted by Gasteiger charge is -2.21. The van der Waals surface area contributed by atoms with E-state index < -0.39 is 17.3 Å². The normalized spacial score (nSPS) is 14.1. The fourth-order valence-corrected chi connectivity index (χ4v) is 1.40. The molecule has 0 radical (unpaired) electrons. The number of anilines is 1. The lowest BCUT2D eigenvalue weighted by atomic mass is 9.93. The SMILES string of the molecule is CC(N)(Cc1ccc(O)c(O)c1NN)C(=O)O. The number of hydrogen-bond acceptors (Lipinski definition) is 6. The zero-order chi connectivity index (χ0) is 13.2. The summed E-state index contributed by atoms with van der Waals surface area (Å²) in [5.74, 6) is 3.24. The summed E-state index contributed by atoms with van der Waals surface area (Å²) in [6.07, 6.45) is -0.0459. The van der Waals surface area contributed by atoms with Crippen molar-refractivity contribution in [1.29, 1.82) is 0 Å². The third-order valence-corrected chi connectivity index (χ3v) is 2.43. The maximum absolute atomic E-state index is 10.9. The molecule has 8 N–H and O–H groups in total. The van der Waals surface area contributed by atoms with E-state index in [0.29, 0.717) is 5.56 Å². The highest BCUT2D eigenvalue weighted by Gasteiger charge is 2.29. The van der Waals surface area contributed by atoms with Crippen LogP contribution in [-0.2, 0) is 11.2 Å². The number of hydrazine groups is 1. The molecule has 0 aliphatic carbocycles. The van der Waals surface area contributed by atoms with Crippen LogP contribution < -0.4 is 17.0 Å². The molecule has 0 bridgehead atoms. The summed E-state index contributed by atoms with van der Waals surface area (Å²) in [6.45, 7) is 1.35. The number of aromatic hydroxyl groups is 2. The first-order chi connectivity index (χ1) is 7.79. The highest BCUT2D eigenvalue weighted by molar-refractivity contribution is 5.79. The summed E-state index contributed by atoms with van der Waals surface area (Å²) in [5.41, 5.74) is 6.76. The van der Waals surface area contributed by atoms with Crippen LogP contribution in [0.15, 0.2) is 12.1 Å². The minimum Gasteiger partial charge on any atom is -0.504 e. The Bertz CT molecular complexity index is 445. The van der Waals surface area contributed by atoms with Crippen molar-refractivity contribution in [1.82, 2.24) is 0 Å². The molecule has 94 valence electrons. The first-order valence-corrected chi connectivity index (χ1v) is 4.82. The molecule has 1 aromatic carbocycles. The lowest BCUT2D eigenvalue weighted by molar-refractivity contribution is -0.142. The number of phenolic OH excluding ortho intramolecular Hbond substituents is 2. The van der Waals surface area contributed by atoms with Crippen LogP contribution in [0.4, 0.5) is 5.69 Å². The number of aliphatic carboxylic acids is 1. The summed E-state index contributed by atoms with van der Waals surface area (Å²) in [7, 11) is 0.